The van der Waals surface area contributed by atoms with Crippen molar-refractivity contribution in [2.75, 3.05) is 11.9 Å². The van der Waals surface area contributed by atoms with Crippen LogP contribution < -0.4 is 5.32 Å². The first-order valence-electron chi connectivity index (χ1n) is 7.63. The first-order chi connectivity index (χ1) is 11.1. The standard InChI is InChI=1S/C17H21N3O2S/c1-3-13(2)20(12-15(21)19-17-18-9-10-23-17)16(22)11-14-7-5-4-6-8-14/h4-10,13H,3,11-12H2,1-2H3,(H,18,19,21). The van der Waals surface area contributed by atoms with Gasteiger partial charge in [-0.1, -0.05) is 37.3 Å². The third kappa shape index (κ3) is 5.17. The number of carbonyl (C=O) groups is 2. The van der Waals surface area contributed by atoms with Crippen molar-refractivity contribution in [3.63, 3.8) is 0 Å². The number of benzene rings is 1. The molecule has 0 radical (unpaired) electrons. The molecule has 2 aromatic rings. The molecule has 0 aliphatic carbocycles. The molecule has 1 unspecified atom stereocenters. The van der Waals surface area contributed by atoms with Gasteiger partial charge >= 0.3 is 0 Å². The van der Waals surface area contributed by atoms with Crippen molar-refractivity contribution in [1.29, 1.82) is 0 Å². The van der Waals surface area contributed by atoms with E-state index in [9.17, 15) is 9.59 Å². The van der Waals surface area contributed by atoms with Crippen molar-refractivity contribution >= 4 is 28.3 Å². The number of thiazole rings is 1. The van der Waals surface area contributed by atoms with Crippen molar-refractivity contribution in [1.82, 2.24) is 9.88 Å². The number of carbonyl (C=O) groups excluding carboxylic acids is 2. The number of aromatic nitrogens is 1. The highest BCUT2D eigenvalue weighted by Gasteiger charge is 2.22. The molecule has 2 amide bonds. The summed E-state index contributed by atoms with van der Waals surface area (Å²) < 4.78 is 0. The van der Waals surface area contributed by atoms with Gasteiger partial charge in [0.2, 0.25) is 11.8 Å². The Bertz CT molecular complexity index is 629. The van der Waals surface area contributed by atoms with Crippen LogP contribution in [0.1, 0.15) is 25.8 Å². The minimum absolute atomic E-state index is 0.00765. The summed E-state index contributed by atoms with van der Waals surface area (Å²) in [5.41, 5.74) is 0.950. The van der Waals surface area contributed by atoms with Crippen LogP contribution in [0.15, 0.2) is 41.9 Å². The summed E-state index contributed by atoms with van der Waals surface area (Å²) in [6, 6.07) is 9.58. The third-order valence-electron chi connectivity index (χ3n) is 3.63. The number of nitrogens with zero attached hydrogens (tertiary/aromatic N) is 2. The molecular formula is C17H21N3O2S. The van der Waals surface area contributed by atoms with E-state index in [2.05, 4.69) is 10.3 Å². The summed E-state index contributed by atoms with van der Waals surface area (Å²) in [5.74, 6) is -0.262. The Hall–Kier alpha value is -2.21. The normalized spacial score (nSPS) is 11.7. The highest BCUT2D eigenvalue weighted by atomic mass is 32.1. The van der Waals surface area contributed by atoms with E-state index in [4.69, 9.17) is 0 Å². The molecule has 0 spiro atoms. The molecule has 2 rings (SSSR count). The first-order valence-corrected chi connectivity index (χ1v) is 8.50. The van der Waals surface area contributed by atoms with Crippen LogP contribution in [-0.2, 0) is 16.0 Å². The summed E-state index contributed by atoms with van der Waals surface area (Å²) in [4.78, 5) is 30.4. The zero-order chi connectivity index (χ0) is 16.7. The smallest absolute Gasteiger partial charge is 0.245 e. The summed E-state index contributed by atoms with van der Waals surface area (Å²) in [6.07, 6.45) is 2.73. The fraction of sp³-hybridized carbons (Fsp3) is 0.353. The second kappa shape index (κ2) is 8.43. The van der Waals surface area contributed by atoms with Gasteiger partial charge in [0, 0.05) is 17.6 Å². The summed E-state index contributed by atoms with van der Waals surface area (Å²) in [5, 5.41) is 5.07. The molecule has 5 nitrogen and oxygen atoms in total. The monoisotopic (exact) mass is 331 g/mol. The molecule has 6 heteroatoms. The Morgan fingerprint density at radius 3 is 2.65 bits per heavy atom. The van der Waals surface area contributed by atoms with Gasteiger partial charge in [-0.2, -0.15) is 0 Å². The lowest BCUT2D eigenvalue weighted by Crippen LogP contribution is -2.44. The SMILES string of the molecule is CCC(C)N(CC(=O)Nc1nccs1)C(=O)Cc1ccccc1. The van der Waals surface area contributed by atoms with E-state index >= 15 is 0 Å². The van der Waals surface area contributed by atoms with Crippen LogP contribution in [0.3, 0.4) is 0 Å². The molecule has 0 bridgehead atoms. The molecule has 0 aliphatic heterocycles. The van der Waals surface area contributed by atoms with Gasteiger partial charge < -0.3 is 10.2 Å². The molecule has 1 aromatic carbocycles. The van der Waals surface area contributed by atoms with Gasteiger partial charge in [0.15, 0.2) is 5.13 Å². The van der Waals surface area contributed by atoms with Crippen LogP contribution in [0.5, 0.6) is 0 Å². The molecule has 122 valence electrons. The highest BCUT2D eigenvalue weighted by Crippen LogP contribution is 2.12. The van der Waals surface area contributed by atoms with Gasteiger partial charge in [-0.25, -0.2) is 4.98 Å². The van der Waals surface area contributed by atoms with E-state index < -0.39 is 0 Å². The number of nitrogens with one attached hydrogen (secondary N) is 1. The van der Waals surface area contributed by atoms with E-state index in [0.717, 1.165) is 12.0 Å². The van der Waals surface area contributed by atoms with E-state index in [1.807, 2.05) is 44.2 Å². The minimum Gasteiger partial charge on any atom is -0.330 e. The van der Waals surface area contributed by atoms with Gasteiger partial charge in [0.1, 0.15) is 6.54 Å². The van der Waals surface area contributed by atoms with Crippen molar-refractivity contribution in [2.24, 2.45) is 0 Å². The van der Waals surface area contributed by atoms with Crippen molar-refractivity contribution in [3.05, 3.63) is 47.5 Å². The average Bonchev–Trinajstić information content (AvgIpc) is 3.05. The lowest BCUT2D eigenvalue weighted by Gasteiger charge is -2.28. The fourth-order valence-electron chi connectivity index (χ4n) is 2.18. The Morgan fingerprint density at radius 1 is 1.30 bits per heavy atom. The van der Waals surface area contributed by atoms with Gasteiger partial charge in [0.25, 0.3) is 0 Å². The number of anilines is 1. The average molecular weight is 331 g/mol. The van der Waals surface area contributed by atoms with E-state index in [0.29, 0.717) is 11.6 Å². The van der Waals surface area contributed by atoms with Gasteiger partial charge in [-0.15, -0.1) is 11.3 Å². The predicted molar refractivity (Wildman–Crippen MR) is 92.4 cm³/mol. The lowest BCUT2D eigenvalue weighted by atomic mass is 10.1. The lowest BCUT2D eigenvalue weighted by molar-refractivity contribution is -0.136. The number of hydrogen-bond acceptors (Lipinski definition) is 4. The maximum absolute atomic E-state index is 12.6. The number of rotatable bonds is 7. The van der Waals surface area contributed by atoms with Crippen LogP contribution in [0.4, 0.5) is 5.13 Å². The van der Waals surface area contributed by atoms with Gasteiger partial charge in [-0.3, -0.25) is 9.59 Å². The molecule has 0 saturated heterocycles. The second-order valence-electron chi connectivity index (χ2n) is 5.33. The Morgan fingerprint density at radius 2 is 2.04 bits per heavy atom. The zero-order valence-electron chi connectivity index (χ0n) is 13.4. The zero-order valence-corrected chi connectivity index (χ0v) is 14.2. The topological polar surface area (TPSA) is 62.3 Å². The Labute approximate surface area is 140 Å². The minimum atomic E-state index is -0.221. The first kappa shape index (κ1) is 17.1. The molecule has 1 N–H and O–H groups in total. The third-order valence-corrected chi connectivity index (χ3v) is 4.32. The molecule has 0 aliphatic rings. The van der Waals surface area contributed by atoms with Crippen molar-refractivity contribution in [2.45, 2.75) is 32.7 Å². The van der Waals surface area contributed by atoms with Gasteiger partial charge in [0.05, 0.1) is 6.42 Å². The Kier molecular flexibility index (Phi) is 6.29. The van der Waals surface area contributed by atoms with Crippen LogP contribution in [-0.4, -0.2) is 34.3 Å². The second-order valence-corrected chi connectivity index (χ2v) is 6.22. The molecule has 23 heavy (non-hydrogen) atoms. The van der Waals surface area contributed by atoms with Crippen LogP contribution >= 0.6 is 11.3 Å². The molecular weight excluding hydrogens is 310 g/mol. The summed E-state index contributed by atoms with van der Waals surface area (Å²) in [7, 11) is 0. The molecule has 1 aromatic heterocycles. The van der Waals surface area contributed by atoms with Crippen LogP contribution in [0.2, 0.25) is 0 Å². The van der Waals surface area contributed by atoms with Crippen molar-refractivity contribution in [3.8, 4) is 0 Å². The van der Waals surface area contributed by atoms with Crippen LogP contribution in [0, 0.1) is 0 Å². The van der Waals surface area contributed by atoms with E-state index in [1.165, 1.54) is 11.3 Å². The maximum Gasteiger partial charge on any atom is 0.245 e. The van der Waals surface area contributed by atoms with E-state index in [-0.39, 0.29) is 24.4 Å². The van der Waals surface area contributed by atoms with Crippen LogP contribution in [0.25, 0.3) is 0 Å². The van der Waals surface area contributed by atoms with E-state index in [1.54, 1.807) is 16.5 Å². The van der Waals surface area contributed by atoms with Crippen molar-refractivity contribution < 1.29 is 9.59 Å². The number of hydrogen-bond donors (Lipinski definition) is 1. The molecule has 1 heterocycles. The molecule has 0 fully saturated rings. The number of amides is 2. The quantitative estimate of drug-likeness (QED) is 0.848. The maximum atomic E-state index is 12.6. The molecule has 0 saturated carbocycles. The summed E-state index contributed by atoms with van der Waals surface area (Å²) >= 11 is 1.36. The summed E-state index contributed by atoms with van der Waals surface area (Å²) in [6.45, 7) is 4.01. The Balaban J connectivity index is 2.01. The largest absolute Gasteiger partial charge is 0.330 e. The molecule has 1 atom stereocenters. The predicted octanol–water partition coefficient (Wildman–Crippen LogP) is 2.95. The van der Waals surface area contributed by atoms with Gasteiger partial charge in [-0.05, 0) is 18.9 Å². The highest BCUT2D eigenvalue weighted by molar-refractivity contribution is 7.13. The fourth-order valence-corrected chi connectivity index (χ4v) is 2.73.